The Kier molecular flexibility index (Phi) is 6.80. The standard InChI is InChI=1S/C33H29N7O3/c41-29-12-15-39(16-13-29)27-6-1-21(2-7-27)32(42)38-26-5-10-30-23(18-26)20-36-40(30)28-8-3-25(4-9-28)37-33(43)24-17-22-11-14-34-31(22)35-19-24/h1-11,14,17-20,29,41H,12-13,15-16H2,(H,34,35)(H,37,43)(H,38,42). The third-order valence-corrected chi connectivity index (χ3v) is 7.82. The predicted octanol–water partition coefficient (Wildman–Crippen LogP) is 5.37. The van der Waals surface area contributed by atoms with Crippen LogP contribution in [0.1, 0.15) is 33.6 Å². The lowest BCUT2D eigenvalue weighted by molar-refractivity contribution is 0.101. The summed E-state index contributed by atoms with van der Waals surface area (Å²) in [5.74, 6) is -0.421. The number of H-pyrrole nitrogens is 1. The summed E-state index contributed by atoms with van der Waals surface area (Å²) in [7, 11) is 0. The fraction of sp³-hybridized carbons (Fsp3) is 0.152. The molecule has 4 N–H and O–H groups in total. The molecule has 0 aliphatic carbocycles. The quantitative estimate of drug-likeness (QED) is 0.213. The van der Waals surface area contributed by atoms with E-state index in [2.05, 4.69) is 30.6 Å². The molecule has 43 heavy (non-hydrogen) atoms. The lowest BCUT2D eigenvalue weighted by Gasteiger charge is -2.31. The summed E-state index contributed by atoms with van der Waals surface area (Å²) in [5, 5.41) is 21.9. The van der Waals surface area contributed by atoms with E-state index in [-0.39, 0.29) is 17.9 Å². The molecule has 0 atom stereocenters. The molecule has 4 heterocycles. The second-order valence-corrected chi connectivity index (χ2v) is 10.7. The van der Waals surface area contributed by atoms with Crippen LogP contribution in [0.25, 0.3) is 27.6 Å². The number of hydrogen-bond acceptors (Lipinski definition) is 6. The molecule has 0 radical (unpaired) electrons. The van der Waals surface area contributed by atoms with E-state index in [1.807, 2.05) is 77.5 Å². The fourth-order valence-electron chi connectivity index (χ4n) is 5.42. The van der Waals surface area contributed by atoms with Crippen LogP contribution >= 0.6 is 0 Å². The minimum atomic E-state index is -0.235. The third-order valence-electron chi connectivity index (χ3n) is 7.82. The number of benzene rings is 3. The number of aliphatic hydroxyl groups excluding tert-OH is 1. The Balaban J connectivity index is 1.01. The van der Waals surface area contributed by atoms with Gasteiger partial charge in [0.1, 0.15) is 5.65 Å². The van der Waals surface area contributed by atoms with E-state index in [4.69, 9.17) is 0 Å². The van der Waals surface area contributed by atoms with Crippen molar-refractivity contribution in [1.82, 2.24) is 19.7 Å². The van der Waals surface area contributed by atoms with Crippen LogP contribution in [-0.4, -0.2) is 55.9 Å². The number of hydrogen-bond donors (Lipinski definition) is 4. The van der Waals surface area contributed by atoms with Crippen LogP contribution in [0, 0.1) is 0 Å². The second-order valence-electron chi connectivity index (χ2n) is 10.7. The molecule has 0 unspecified atom stereocenters. The predicted molar refractivity (Wildman–Crippen MR) is 167 cm³/mol. The summed E-state index contributed by atoms with van der Waals surface area (Å²) in [4.78, 5) is 35.2. The Labute approximate surface area is 247 Å². The number of aliphatic hydroxyl groups is 1. The summed E-state index contributed by atoms with van der Waals surface area (Å²) in [6.45, 7) is 1.62. The molecule has 6 aromatic rings. The van der Waals surface area contributed by atoms with Gasteiger partial charge in [-0.3, -0.25) is 9.59 Å². The van der Waals surface area contributed by atoms with E-state index in [9.17, 15) is 14.7 Å². The van der Waals surface area contributed by atoms with Crippen LogP contribution < -0.4 is 15.5 Å². The Morgan fingerprint density at radius 3 is 2.26 bits per heavy atom. The molecule has 3 aromatic heterocycles. The van der Waals surface area contributed by atoms with Crippen LogP contribution in [0.2, 0.25) is 0 Å². The van der Waals surface area contributed by atoms with Gasteiger partial charge >= 0.3 is 0 Å². The number of nitrogens with zero attached hydrogens (tertiary/aromatic N) is 4. The van der Waals surface area contributed by atoms with Gasteiger partial charge in [0, 0.05) is 58.9 Å². The number of aromatic nitrogens is 4. The largest absolute Gasteiger partial charge is 0.393 e. The first-order valence-corrected chi connectivity index (χ1v) is 14.2. The second kappa shape index (κ2) is 11.1. The maximum Gasteiger partial charge on any atom is 0.257 e. The van der Waals surface area contributed by atoms with E-state index in [1.54, 1.807) is 24.7 Å². The number of amides is 2. The van der Waals surface area contributed by atoms with E-state index in [0.29, 0.717) is 22.5 Å². The average molecular weight is 572 g/mol. The number of nitrogens with one attached hydrogen (secondary N) is 3. The van der Waals surface area contributed by atoms with E-state index in [0.717, 1.165) is 59.2 Å². The summed E-state index contributed by atoms with van der Waals surface area (Å²) >= 11 is 0. The zero-order valence-corrected chi connectivity index (χ0v) is 23.2. The zero-order valence-electron chi connectivity index (χ0n) is 23.2. The first-order valence-electron chi connectivity index (χ1n) is 14.2. The average Bonchev–Trinajstić information content (AvgIpc) is 3.68. The van der Waals surface area contributed by atoms with Crippen LogP contribution in [-0.2, 0) is 0 Å². The fourth-order valence-corrected chi connectivity index (χ4v) is 5.42. The maximum absolute atomic E-state index is 12.9. The highest BCUT2D eigenvalue weighted by Crippen LogP contribution is 2.25. The van der Waals surface area contributed by atoms with Crippen molar-refractivity contribution in [3.63, 3.8) is 0 Å². The number of fused-ring (bicyclic) bond motifs is 2. The van der Waals surface area contributed by atoms with Crippen molar-refractivity contribution in [3.05, 3.63) is 109 Å². The van der Waals surface area contributed by atoms with Crippen molar-refractivity contribution in [3.8, 4) is 5.69 Å². The molecule has 0 spiro atoms. The number of aromatic amines is 1. The first-order chi connectivity index (χ1) is 21.0. The Bertz CT molecular complexity index is 1940. The Hall–Kier alpha value is -5.48. The van der Waals surface area contributed by atoms with Gasteiger partial charge in [-0.2, -0.15) is 5.10 Å². The van der Waals surface area contributed by atoms with Gasteiger partial charge in [-0.05, 0) is 91.7 Å². The van der Waals surface area contributed by atoms with Crippen molar-refractivity contribution < 1.29 is 14.7 Å². The van der Waals surface area contributed by atoms with Gasteiger partial charge < -0.3 is 25.6 Å². The highest BCUT2D eigenvalue weighted by atomic mass is 16.3. The zero-order chi connectivity index (χ0) is 29.3. The molecule has 0 bridgehead atoms. The summed E-state index contributed by atoms with van der Waals surface area (Å²) in [6.07, 6.45) is 6.40. The SMILES string of the molecule is O=C(Nc1ccc2c(cnn2-c2ccc(NC(=O)c3cnc4[nH]ccc4c3)cc2)c1)c1ccc(N2CCC(O)CC2)cc1. The van der Waals surface area contributed by atoms with Gasteiger partial charge in [0.2, 0.25) is 0 Å². The van der Waals surface area contributed by atoms with Gasteiger partial charge in [0.25, 0.3) is 11.8 Å². The van der Waals surface area contributed by atoms with E-state index < -0.39 is 0 Å². The number of rotatable bonds is 6. The Morgan fingerprint density at radius 2 is 1.47 bits per heavy atom. The molecule has 10 heteroatoms. The minimum absolute atomic E-state index is 0.186. The molecule has 214 valence electrons. The minimum Gasteiger partial charge on any atom is -0.393 e. The van der Waals surface area contributed by atoms with Crippen molar-refractivity contribution in [2.75, 3.05) is 28.6 Å². The Morgan fingerprint density at radius 1 is 0.767 bits per heavy atom. The van der Waals surface area contributed by atoms with Gasteiger partial charge in [-0.25, -0.2) is 9.67 Å². The van der Waals surface area contributed by atoms with Crippen LogP contribution in [0.4, 0.5) is 17.1 Å². The molecule has 3 aromatic carbocycles. The van der Waals surface area contributed by atoms with Crippen LogP contribution in [0.15, 0.2) is 97.5 Å². The summed E-state index contributed by atoms with van der Waals surface area (Å²) in [6, 6.07) is 24.4. The summed E-state index contributed by atoms with van der Waals surface area (Å²) in [5.41, 5.74) is 5.91. The highest BCUT2D eigenvalue weighted by Gasteiger charge is 2.18. The molecule has 1 fully saturated rings. The summed E-state index contributed by atoms with van der Waals surface area (Å²) < 4.78 is 1.81. The molecule has 2 amide bonds. The van der Waals surface area contributed by atoms with Gasteiger partial charge in [-0.15, -0.1) is 0 Å². The van der Waals surface area contributed by atoms with Crippen molar-refractivity contribution in [2.24, 2.45) is 0 Å². The highest BCUT2D eigenvalue weighted by molar-refractivity contribution is 6.06. The molecule has 10 nitrogen and oxygen atoms in total. The number of piperidine rings is 1. The molecule has 1 aliphatic heterocycles. The number of carbonyl (C=O) groups excluding carboxylic acids is 2. The van der Waals surface area contributed by atoms with Crippen LogP contribution in [0.5, 0.6) is 0 Å². The van der Waals surface area contributed by atoms with Crippen molar-refractivity contribution in [1.29, 1.82) is 0 Å². The monoisotopic (exact) mass is 571 g/mol. The van der Waals surface area contributed by atoms with E-state index >= 15 is 0 Å². The molecular weight excluding hydrogens is 542 g/mol. The van der Waals surface area contributed by atoms with E-state index in [1.165, 1.54) is 0 Å². The number of anilines is 3. The molecule has 1 aliphatic rings. The third kappa shape index (κ3) is 5.43. The lowest BCUT2D eigenvalue weighted by atomic mass is 10.1. The number of carbonyl (C=O) groups is 2. The van der Waals surface area contributed by atoms with Crippen molar-refractivity contribution in [2.45, 2.75) is 18.9 Å². The first kappa shape index (κ1) is 26.4. The lowest BCUT2D eigenvalue weighted by Crippen LogP contribution is -2.35. The topological polar surface area (TPSA) is 128 Å². The molecule has 1 saturated heterocycles. The maximum atomic E-state index is 12.9. The normalized spacial score (nSPS) is 13.8. The molecule has 0 saturated carbocycles. The molecule has 7 rings (SSSR count). The van der Waals surface area contributed by atoms with Gasteiger partial charge in [-0.1, -0.05) is 0 Å². The molecular formula is C33H29N7O3. The number of pyridine rings is 1. The van der Waals surface area contributed by atoms with Crippen LogP contribution in [0.3, 0.4) is 0 Å². The van der Waals surface area contributed by atoms with Gasteiger partial charge in [0.05, 0.1) is 29.1 Å². The smallest absolute Gasteiger partial charge is 0.257 e. The van der Waals surface area contributed by atoms with Crippen molar-refractivity contribution >= 4 is 50.8 Å². The van der Waals surface area contributed by atoms with Gasteiger partial charge in [0.15, 0.2) is 0 Å².